The number of carbonyl (C=O) groups excluding carboxylic acids is 1. The Morgan fingerprint density at radius 3 is 2.64 bits per heavy atom. The van der Waals surface area contributed by atoms with Gasteiger partial charge in [0.15, 0.2) is 6.04 Å². The molecular formula is C12H12ClF3N2O4. The number of hydrogen-bond donors (Lipinski definition) is 2. The van der Waals surface area contributed by atoms with Gasteiger partial charge in [0.05, 0.1) is 12.7 Å². The van der Waals surface area contributed by atoms with E-state index in [1.54, 1.807) is 0 Å². The molecule has 0 radical (unpaired) electrons. The molecule has 1 aliphatic heterocycles. The number of pyridine rings is 1. The van der Waals surface area contributed by atoms with E-state index in [4.69, 9.17) is 11.6 Å². The van der Waals surface area contributed by atoms with Crippen molar-refractivity contribution in [2.75, 3.05) is 18.6 Å². The molecule has 0 aromatic carbocycles. The third kappa shape index (κ3) is 3.11. The molecule has 0 aliphatic carbocycles. The van der Waals surface area contributed by atoms with Crippen molar-refractivity contribution in [2.24, 2.45) is 0 Å². The predicted molar refractivity (Wildman–Crippen MR) is 69.4 cm³/mol. The van der Waals surface area contributed by atoms with Crippen molar-refractivity contribution in [1.82, 2.24) is 4.98 Å². The zero-order chi connectivity index (χ0) is 16.7. The highest BCUT2D eigenvalue weighted by molar-refractivity contribution is 6.29. The van der Waals surface area contributed by atoms with E-state index in [-0.39, 0.29) is 12.4 Å². The van der Waals surface area contributed by atoms with E-state index >= 15 is 0 Å². The lowest BCUT2D eigenvalue weighted by Gasteiger charge is -2.25. The number of rotatable bonds is 2. The van der Waals surface area contributed by atoms with Gasteiger partial charge in [-0.25, -0.2) is 9.78 Å². The Labute approximate surface area is 128 Å². The molecule has 2 rings (SSSR count). The molecule has 122 valence electrons. The average Bonchev–Trinajstić information content (AvgIpc) is 2.72. The molecule has 2 unspecified atom stereocenters. The smallest absolute Gasteiger partial charge is 0.416 e. The number of anilines is 1. The van der Waals surface area contributed by atoms with E-state index in [9.17, 15) is 28.2 Å². The molecule has 0 saturated carbocycles. The fraction of sp³-hybridized carbons (Fsp3) is 0.500. The summed E-state index contributed by atoms with van der Waals surface area (Å²) in [5.74, 6) is -1.19. The van der Waals surface area contributed by atoms with Crippen LogP contribution in [0.4, 0.5) is 19.0 Å². The molecule has 10 heteroatoms. The highest BCUT2D eigenvalue weighted by Gasteiger charge is 2.46. The summed E-state index contributed by atoms with van der Waals surface area (Å²) in [4.78, 5) is 16.5. The van der Waals surface area contributed by atoms with Crippen LogP contribution in [-0.4, -0.2) is 53.1 Å². The Bertz CT molecular complexity index is 584. The van der Waals surface area contributed by atoms with Gasteiger partial charge in [0, 0.05) is 6.54 Å². The Morgan fingerprint density at radius 2 is 2.09 bits per heavy atom. The summed E-state index contributed by atoms with van der Waals surface area (Å²) in [6.07, 6.45) is -7.50. The van der Waals surface area contributed by atoms with Crippen molar-refractivity contribution in [3.8, 4) is 0 Å². The Hall–Kier alpha value is -1.58. The first kappa shape index (κ1) is 16.8. The normalized spacial score (nSPS) is 25.4. The number of aliphatic hydroxyl groups is 2. The van der Waals surface area contributed by atoms with Crippen LogP contribution < -0.4 is 4.90 Å². The summed E-state index contributed by atoms with van der Waals surface area (Å²) in [5.41, 5.74) is -1.05. The van der Waals surface area contributed by atoms with Crippen molar-refractivity contribution < 1.29 is 32.9 Å². The van der Waals surface area contributed by atoms with Crippen LogP contribution in [0.2, 0.25) is 5.15 Å². The molecule has 22 heavy (non-hydrogen) atoms. The molecule has 3 atom stereocenters. The van der Waals surface area contributed by atoms with Gasteiger partial charge in [-0.15, -0.1) is 0 Å². The van der Waals surface area contributed by atoms with Crippen molar-refractivity contribution in [2.45, 2.75) is 24.4 Å². The molecule has 1 aromatic rings. The molecule has 6 nitrogen and oxygen atoms in total. The minimum atomic E-state index is -4.65. The number of halogens is 4. The van der Waals surface area contributed by atoms with Gasteiger partial charge in [0.2, 0.25) is 0 Å². The lowest BCUT2D eigenvalue weighted by molar-refractivity contribution is -0.145. The van der Waals surface area contributed by atoms with Crippen molar-refractivity contribution >= 4 is 23.4 Å². The molecule has 2 N–H and O–H groups in total. The molecule has 2 heterocycles. The van der Waals surface area contributed by atoms with Crippen molar-refractivity contribution in [3.63, 3.8) is 0 Å². The Morgan fingerprint density at radius 1 is 1.45 bits per heavy atom. The monoisotopic (exact) mass is 340 g/mol. The Balaban J connectivity index is 2.45. The summed E-state index contributed by atoms with van der Waals surface area (Å²) < 4.78 is 42.9. The molecule has 0 bridgehead atoms. The number of alkyl halides is 3. The number of ether oxygens (including phenoxy) is 1. The maximum absolute atomic E-state index is 12.8. The van der Waals surface area contributed by atoms with Crippen LogP contribution in [-0.2, 0) is 15.7 Å². The minimum absolute atomic E-state index is 0.286. The summed E-state index contributed by atoms with van der Waals surface area (Å²) >= 11 is 5.59. The third-order valence-corrected chi connectivity index (χ3v) is 3.48. The standard InChI is InChI=1S/C12H12ClF3N2O4/c1-22-11(21)9-10(20)6(19)4-18(9)8-3-5(12(14,15)16)2-7(13)17-8/h2-3,6,9-10,19-20H,4H2,1H3/t6?,9-,10?/m0/s1. The molecule has 1 aliphatic rings. The maximum Gasteiger partial charge on any atom is 0.416 e. The van der Waals surface area contributed by atoms with Crippen molar-refractivity contribution in [1.29, 1.82) is 0 Å². The predicted octanol–water partition coefficient (Wildman–Crippen LogP) is 0.837. The number of methoxy groups -OCH3 is 1. The number of β-amino-alcohol motifs (C(OH)–C–C–N with tert-alkyl or cyclic N) is 1. The van der Waals surface area contributed by atoms with E-state index in [0.29, 0.717) is 12.1 Å². The van der Waals surface area contributed by atoms with E-state index in [0.717, 1.165) is 12.0 Å². The van der Waals surface area contributed by atoms with Gasteiger partial charge in [-0.1, -0.05) is 11.6 Å². The van der Waals surface area contributed by atoms with Crippen molar-refractivity contribution in [3.05, 3.63) is 22.8 Å². The fourth-order valence-corrected chi connectivity index (χ4v) is 2.44. The van der Waals surface area contributed by atoms with E-state index in [2.05, 4.69) is 9.72 Å². The molecule has 0 amide bonds. The lowest BCUT2D eigenvalue weighted by Crippen LogP contribution is -2.44. The van der Waals surface area contributed by atoms with Gasteiger partial charge in [0.1, 0.15) is 23.2 Å². The summed E-state index contributed by atoms with van der Waals surface area (Å²) in [5, 5.41) is 19.0. The number of aliphatic hydroxyl groups excluding tert-OH is 2. The van der Waals surface area contributed by atoms with Crippen LogP contribution in [0.5, 0.6) is 0 Å². The molecule has 1 saturated heterocycles. The van der Waals surface area contributed by atoms with E-state index in [1.165, 1.54) is 0 Å². The van der Waals surface area contributed by atoms with Crippen LogP contribution in [0, 0.1) is 0 Å². The largest absolute Gasteiger partial charge is 0.467 e. The number of carbonyl (C=O) groups is 1. The van der Waals surface area contributed by atoms with Gasteiger partial charge in [0.25, 0.3) is 0 Å². The number of esters is 1. The molecular weight excluding hydrogens is 329 g/mol. The fourth-order valence-electron chi connectivity index (χ4n) is 2.24. The first-order valence-electron chi connectivity index (χ1n) is 6.10. The van der Waals surface area contributed by atoms with Crippen LogP contribution >= 0.6 is 11.6 Å². The minimum Gasteiger partial charge on any atom is -0.467 e. The first-order chi connectivity index (χ1) is 10.1. The lowest BCUT2D eigenvalue weighted by atomic mass is 10.1. The average molecular weight is 341 g/mol. The first-order valence-corrected chi connectivity index (χ1v) is 6.48. The van der Waals surface area contributed by atoms with Crippen LogP contribution in [0.25, 0.3) is 0 Å². The molecule has 1 aromatic heterocycles. The second-order valence-electron chi connectivity index (χ2n) is 4.71. The zero-order valence-electron chi connectivity index (χ0n) is 11.2. The summed E-state index contributed by atoms with van der Waals surface area (Å²) in [6.45, 7) is -0.286. The van der Waals surface area contributed by atoms with E-state index < -0.39 is 41.1 Å². The quantitative estimate of drug-likeness (QED) is 0.613. The van der Waals surface area contributed by atoms with Gasteiger partial charge in [-0.05, 0) is 12.1 Å². The van der Waals surface area contributed by atoms with E-state index in [1.807, 2.05) is 0 Å². The number of aromatic nitrogens is 1. The third-order valence-electron chi connectivity index (χ3n) is 3.28. The summed E-state index contributed by atoms with van der Waals surface area (Å²) in [6, 6.07) is -0.0414. The van der Waals surface area contributed by atoms with Gasteiger partial charge in [-0.2, -0.15) is 13.2 Å². The SMILES string of the molecule is COC(=O)[C@@H]1C(O)C(O)CN1c1cc(C(F)(F)F)cc(Cl)n1. The highest BCUT2D eigenvalue weighted by atomic mass is 35.5. The molecule has 0 spiro atoms. The van der Waals surface area contributed by atoms with Gasteiger partial charge < -0.3 is 19.8 Å². The van der Waals surface area contributed by atoms with Gasteiger partial charge in [-0.3, -0.25) is 0 Å². The maximum atomic E-state index is 12.8. The van der Waals surface area contributed by atoms with Crippen LogP contribution in [0.1, 0.15) is 5.56 Å². The highest BCUT2D eigenvalue weighted by Crippen LogP contribution is 2.34. The topological polar surface area (TPSA) is 82.9 Å². The zero-order valence-corrected chi connectivity index (χ0v) is 12.0. The second-order valence-corrected chi connectivity index (χ2v) is 5.10. The molecule has 1 fully saturated rings. The number of nitrogens with zero attached hydrogens (tertiary/aromatic N) is 2. The van der Waals surface area contributed by atoms with Crippen LogP contribution in [0.3, 0.4) is 0 Å². The van der Waals surface area contributed by atoms with Gasteiger partial charge >= 0.3 is 12.1 Å². The second kappa shape index (κ2) is 5.90. The number of hydrogen-bond acceptors (Lipinski definition) is 6. The van der Waals surface area contributed by atoms with Crippen LogP contribution in [0.15, 0.2) is 12.1 Å². The Kier molecular flexibility index (Phi) is 4.50. The summed E-state index contributed by atoms with van der Waals surface area (Å²) in [7, 11) is 1.06.